The molecule has 0 aliphatic heterocycles. The van der Waals surface area contributed by atoms with E-state index in [2.05, 4.69) is 29.9 Å². The van der Waals surface area contributed by atoms with Crippen molar-refractivity contribution >= 4 is 28.0 Å². The maximum atomic E-state index is 12.8. The molecule has 0 fully saturated rings. The van der Waals surface area contributed by atoms with Crippen LogP contribution in [0.2, 0.25) is 0 Å². The monoisotopic (exact) mass is 457 g/mol. The fourth-order valence-electron chi connectivity index (χ4n) is 3.67. The standard InChI is InChI=1S/C22H25F2N7O2/c1-4-25-21(32)15-11-26-20-19(15)28-16(12-27-20)18-14-10-13(33-22(23)24)6-7-17(14)31(29-18)9-5-8-30(2)3/h6-7,10-12,22H,4-5,8-9H2,1-3H3,(H,25,32)(H,26,27). The van der Waals surface area contributed by atoms with Gasteiger partial charge in [-0.3, -0.25) is 9.48 Å². The van der Waals surface area contributed by atoms with Gasteiger partial charge in [0, 0.05) is 24.7 Å². The molecule has 0 aliphatic carbocycles. The number of H-pyrrole nitrogens is 1. The summed E-state index contributed by atoms with van der Waals surface area (Å²) in [5.41, 5.74) is 2.93. The number of fused-ring (bicyclic) bond motifs is 2. The maximum Gasteiger partial charge on any atom is 0.387 e. The van der Waals surface area contributed by atoms with Crippen molar-refractivity contribution in [3.05, 3.63) is 36.2 Å². The third kappa shape index (κ3) is 4.77. The Morgan fingerprint density at radius 2 is 2.15 bits per heavy atom. The third-order valence-corrected chi connectivity index (χ3v) is 5.13. The van der Waals surface area contributed by atoms with E-state index in [1.807, 2.05) is 25.7 Å². The second kappa shape index (κ2) is 9.49. The number of alkyl halides is 2. The number of halogens is 2. The SMILES string of the molecule is CCNC(=O)c1c[nH]c2ncc(-c3nn(CCCN(C)C)c4ccc(OC(F)F)cc34)nc12. The molecule has 0 saturated heterocycles. The van der Waals surface area contributed by atoms with Crippen LogP contribution in [-0.2, 0) is 6.54 Å². The highest BCUT2D eigenvalue weighted by Gasteiger charge is 2.19. The minimum atomic E-state index is -2.93. The number of benzene rings is 1. The lowest BCUT2D eigenvalue weighted by molar-refractivity contribution is -0.0497. The van der Waals surface area contributed by atoms with E-state index in [9.17, 15) is 13.6 Å². The number of nitrogens with one attached hydrogen (secondary N) is 2. The largest absolute Gasteiger partial charge is 0.435 e. The van der Waals surface area contributed by atoms with Gasteiger partial charge in [0.15, 0.2) is 5.65 Å². The summed E-state index contributed by atoms with van der Waals surface area (Å²) in [5.74, 6) is -0.229. The average Bonchev–Trinajstić information content (AvgIpc) is 3.34. The summed E-state index contributed by atoms with van der Waals surface area (Å²) in [4.78, 5) is 26.5. The smallest absolute Gasteiger partial charge is 0.387 e. The number of aryl methyl sites for hydroxylation is 1. The van der Waals surface area contributed by atoms with Crippen LogP contribution in [0.1, 0.15) is 23.7 Å². The first-order valence-corrected chi connectivity index (χ1v) is 10.6. The van der Waals surface area contributed by atoms with Crippen molar-refractivity contribution in [2.75, 3.05) is 27.2 Å². The van der Waals surface area contributed by atoms with Gasteiger partial charge in [0.1, 0.15) is 22.7 Å². The van der Waals surface area contributed by atoms with E-state index in [4.69, 9.17) is 5.10 Å². The molecule has 2 N–H and O–H groups in total. The lowest BCUT2D eigenvalue weighted by atomic mass is 10.1. The first-order chi connectivity index (χ1) is 15.9. The predicted octanol–water partition coefficient (Wildman–Crippen LogP) is 3.28. The summed E-state index contributed by atoms with van der Waals surface area (Å²) in [7, 11) is 3.99. The van der Waals surface area contributed by atoms with E-state index in [1.54, 1.807) is 18.5 Å². The van der Waals surface area contributed by atoms with Crippen molar-refractivity contribution in [1.82, 2.24) is 34.9 Å². The van der Waals surface area contributed by atoms with Gasteiger partial charge in [0.05, 0.1) is 17.3 Å². The van der Waals surface area contributed by atoms with Gasteiger partial charge in [0.2, 0.25) is 0 Å². The van der Waals surface area contributed by atoms with Crippen molar-refractivity contribution in [2.45, 2.75) is 26.5 Å². The van der Waals surface area contributed by atoms with E-state index >= 15 is 0 Å². The molecule has 9 nitrogen and oxygen atoms in total. The minimum absolute atomic E-state index is 0.0327. The molecule has 4 aromatic rings. The van der Waals surface area contributed by atoms with Crippen LogP contribution < -0.4 is 10.1 Å². The molecule has 11 heteroatoms. The van der Waals surface area contributed by atoms with E-state index in [1.165, 1.54) is 12.1 Å². The van der Waals surface area contributed by atoms with Gasteiger partial charge in [-0.15, -0.1) is 0 Å². The summed E-state index contributed by atoms with van der Waals surface area (Å²) in [6, 6.07) is 4.73. The quantitative estimate of drug-likeness (QED) is 0.400. The highest BCUT2D eigenvalue weighted by Crippen LogP contribution is 2.31. The zero-order chi connectivity index (χ0) is 23.5. The second-order valence-electron chi connectivity index (χ2n) is 7.80. The maximum absolute atomic E-state index is 12.8. The van der Waals surface area contributed by atoms with Crippen molar-refractivity contribution < 1.29 is 18.3 Å². The number of hydrogen-bond acceptors (Lipinski definition) is 6. The van der Waals surface area contributed by atoms with Gasteiger partial charge < -0.3 is 19.9 Å². The normalized spacial score (nSPS) is 11.7. The van der Waals surface area contributed by atoms with Gasteiger partial charge in [-0.05, 0) is 52.2 Å². The lowest BCUT2D eigenvalue weighted by Gasteiger charge is -2.09. The van der Waals surface area contributed by atoms with E-state index in [0.29, 0.717) is 46.6 Å². The predicted molar refractivity (Wildman–Crippen MR) is 120 cm³/mol. The van der Waals surface area contributed by atoms with Crippen LogP contribution >= 0.6 is 0 Å². The molecule has 0 atom stereocenters. The molecule has 3 heterocycles. The Morgan fingerprint density at radius 3 is 2.88 bits per heavy atom. The number of carbonyl (C=O) groups excluding carboxylic acids is 1. The molecule has 0 saturated carbocycles. The fourth-order valence-corrected chi connectivity index (χ4v) is 3.67. The van der Waals surface area contributed by atoms with Crippen molar-refractivity contribution in [1.29, 1.82) is 0 Å². The molecule has 33 heavy (non-hydrogen) atoms. The molecule has 0 radical (unpaired) electrons. The Bertz CT molecular complexity index is 1280. The summed E-state index contributed by atoms with van der Waals surface area (Å²) in [6.07, 6.45) is 3.96. The molecular formula is C22H25F2N7O2. The number of rotatable bonds is 9. The minimum Gasteiger partial charge on any atom is -0.435 e. The molecule has 3 aromatic heterocycles. The summed E-state index contributed by atoms with van der Waals surface area (Å²) in [5, 5.41) is 8.09. The molecular weight excluding hydrogens is 432 g/mol. The number of amides is 1. The van der Waals surface area contributed by atoms with Gasteiger partial charge in [0.25, 0.3) is 5.91 Å². The number of nitrogens with zero attached hydrogens (tertiary/aromatic N) is 5. The summed E-state index contributed by atoms with van der Waals surface area (Å²) >= 11 is 0. The Kier molecular flexibility index (Phi) is 6.50. The van der Waals surface area contributed by atoms with Crippen molar-refractivity contribution in [2.24, 2.45) is 0 Å². The Hall–Kier alpha value is -3.60. The number of aromatic amines is 1. The highest BCUT2D eigenvalue weighted by atomic mass is 19.3. The van der Waals surface area contributed by atoms with E-state index in [0.717, 1.165) is 18.5 Å². The van der Waals surface area contributed by atoms with Gasteiger partial charge in [-0.2, -0.15) is 13.9 Å². The third-order valence-electron chi connectivity index (χ3n) is 5.13. The molecule has 1 amide bonds. The van der Waals surface area contributed by atoms with Crippen LogP contribution in [0.5, 0.6) is 5.75 Å². The van der Waals surface area contributed by atoms with Crippen LogP contribution in [0, 0.1) is 0 Å². The first-order valence-electron chi connectivity index (χ1n) is 10.6. The number of aromatic nitrogens is 5. The molecule has 1 aromatic carbocycles. The lowest BCUT2D eigenvalue weighted by Crippen LogP contribution is -2.22. The van der Waals surface area contributed by atoms with Crippen LogP contribution in [-0.4, -0.2) is 69.3 Å². The topological polar surface area (TPSA) is 101 Å². The van der Waals surface area contributed by atoms with Crippen LogP contribution in [0.25, 0.3) is 33.5 Å². The molecule has 0 spiro atoms. The second-order valence-corrected chi connectivity index (χ2v) is 7.80. The number of ether oxygens (including phenoxy) is 1. The van der Waals surface area contributed by atoms with Gasteiger partial charge in [-0.25, -0.2) is 9.97 Å². The van der Waals surface area contributed by atoms with Crippen LogP contribution in [0.4, 0.5) is 8.78 Å². The zero-order valence-electron chi connectivity index (χ0n) is 18.6. The zero-order valence-corrected chi connectivity index (χ0v) is 18.6. The Morgan fingerprint density at radius 1 is 1.33 bits per heavy atom. The first kappa shape index (κ1) is 22.6. The summed E-state index contributed by atoms with van der Waals surface area (Å²) in [6.45, 7) is 0.879. The van der Waals surface area contributed by atoms with Crippen LogP contribution in [0.3, 0.4) is 0 Å². The molecule has 174 valence electrons. The van der Waals surface area contributed by atoms with Crippen molar-refractivity contribution in [3.63, 3.8) is 0 Å². The van der Waals surface area contributed by atoms with E-state index in [-0.39, 0.29) is 11.7 Å². The molecule has 0 bridgehead atoms. The Balaban J connectivity index is 1.81. The molecule has 4 rings (SSSR count). The molecule has 0 aliphatic rings. The number of carbonyl (C=O) groups is 1. The average molecular weight is 457 g/mol. The highest BCUT2D eigenvalue weighted by molar-refractivity contribution is 6.05. The number of hydrogen-bond donors (Lipinski definition) is 2. The summed E-state index contributed by atoms with van der Waals surface area (Å²) < 4.78 is 32.0. The van der Waals surface area contributed by atoms with E-state index < -0.39 is 6.61 Å². The Labute approximate surface area is 188 Å². The van der Waals surface area contributed by atoms with Crippen molar-refractivity contribution in [3.8, 4) is 17.1 Å². The fraction of sp³-hybridized carbons (Fsp3) is 0.364. The van der Waals surface area contributed by atoms with Gasteiger partial charge >= 0.3 is 6.61 Å². The van der Waals surface area contributed by atoms with Crippen LogP contribution in [0.15, 0.2) is 30.6 Å². The molecule has 0 unspecified atom stereocenters. The van der Waals surface area contributed by atoms with Gasteiger partial charge in [-0.1, -0.05) is 0 Å².